The van der Waals surface area contributed by atoms with Gasteiger partial charge in [0.05, 0.1) is 25.8 Å². The van der Waals surface area contributed by atoms with Crippen LogP contribution in [-0.4, -0.2) is 72.2 Å². The summed E-state index contributed by atoms with van der Waals surface area (Å²) in [6, 6.07) is 7.48. The number of carbonyl (C=O) groups excluding carboxylic acids is 1. The first-order valence-corrected chi connectivity index (χ1v) is 7.93. The largest absolute Gasteiger partial charge is 0.480 e. The summed E-state index contributed by atoms with van der Waals surface area (Å²) in [5.74, 6) is -0.668. The van der Waals surface area contributed by atoms with Crippen LogP contribution in [0, 0.1) is 12.8 Å². The van der Waals surface area contributed by atoms with Crippen molar-refractivity contribution in [3.8, 4) is 0 Å². The van der Waals surface area contributed by atoms with Crippen LogP contribution in [-0.2, 0) is 9.53 Å². The van der Waals surface area contributed by atoms with Crippen LogP contribution in [0.1, 0.15) is 15.9 Å². The zero-order chi connectivity index (χ0) is 16.4. The van der Waals surface area contributed by atoms with E-state index in [2.05, 4.69) is 0 Å². The summed E-state index contributed by atoms with van der Waals surface area (Å²) >= 11 is 0. The van der Waals surface area contributed by atoms with Crippen molar-refractivity contribution in [2.45, 2.75) is 13.0 Å². The quantitative estimate of drug-likeness (QED) is 0.895. The van der Waals surface area contributed by atoms with Crippen LogP contribution in [0.3, 0.4) is 0 Å². The molecule has 2 atom stereocenters. The highest BCUT2D eigenvalue weighted by Crippen LogP contribution is 2.22. The van der Waals surface area contributed by atoms with Crippen LogP contribution in [0.2, 0.25) is 0 Å². The highest BCUT2D eigenvalue weighted by Gasteiger charge is 2.36. The maximum absolute atomic E-state index is 13.0. The first-order valence-electron chi connectivity index (χ1n) is 7.93. The third-order valence-corrected chi connectivity index (χ3v) is 4.54. The number of carboxylic acid groups (broad SMARTS) is 1. The molecule has 0 spiro atoms. The van der Waals surface area contributed by atoms with Gasteiger partial charge < -0.3 is 14.7 Å². The molecule has 2 aliphatic rings. The molecule has 6 nitrogen and oxygen atoms in total. The van der Waals surface area contributed by atoms with Gasteiger partial charge in [0.15, 0.2) is 0 Å². The van der Waals surface area contributed by atoms with Crippen molar-refractivity contribution >= 4 is 11.9 Å². The number of benzene rings is 1. The second-order valence-corrected chi connectivity index (χ2v) is 6.42. The molecular formula is C17H22N2O4. The standard InChI is InChI=1S/C17H22N2O4/c1-12-4-2-3-5-15(12)17(22)19-7-13-6-18(9-16(20)21)8-14(19)11-23-10-13/h2-5,13-14H,6-11H2,1H3,(H,20,21)/t13-,14-/m0/s1. The molecule has 2 heterocycles. The lowest BCUT2D eigenvalue weighted by atomic mass is 10.1. The highest BCUT2D eigenvalue weighted by atomic mass is 16.5. The van der Waals surface area contributed by atoms with E-state index in [1.54, 1.807) is 0 Å². The van der Waals surface area contributed by atoms with Gasteiger partial charge >= 0.3 is 5.97 Å². The number of carbonyl (C=O) groups is 2. The number of hydrogen-bond donors (Lipinski definition) is 1. The Kier molecular flexibility index (Phi) is 4.63. The molecule has 0 unspecified atom stereocenters. The van der Waals surface area contributed by atoms with Gasteiger partial charge in [-0.15, -0.1) is 0 Å². The fourth-order valence-electron chi connectivity index (χ4n) is 3.48. The van der Waals surface area contributed by atoms with Crippen LogP contribution in [0.5, 0.6) is 0 Å². The van der Waals surface area contributed by atoms with Gasteiger partial charge in [0, 0.05) is 31.1 Å². The number of ether oxygens (including phenoxy) is 1. The average Bonchev–Trinajstić information content (AvgIpc) is 2.77. The van der Waals surface area contributed by atoms with Crippen molar-refractivity contribution in [2.75, 3.05) is 39.4 Å². The lowest BCUT2D eigenvalue weighted by molar-refractivity contribution is -0.138. The Bertz CT molecular complexity index is 604. The van der Waals surface area contributed by atoms with Gasteiger partial charge in [0.25, 0.3) is 5.91 Å². The maximum Gasteiger partial charge on any atom is 0.317 e. The average molecular weight is 318 g/mol. The van der Waals surface area contributed by atoms with Crippen molar-refractivity contribution in [1.82, 2.24) is 9.80 Å². The third kappa shape index (κ3) is 3.54. The number of aliphatic carboxylic acids is 1. The van der Waals surface area contributed by atoms with Gasteiger partial charge in [0.1, 0.15) is 0 Å². The molecule has 1 amide bonds. The Labute approximate surface area is 135 Å². The number of carboxylic acids is 1. The Morgan fingerprint density at radius 3 is 2.74 bits per heavy atom. The van der Waals surface area contributed by atoms with E-state index in [0.717, 1.165) is 5.56 Å². The SMILES string of the molecule is Cc1ccccc1C(=O)N1C[C@H]2COC[C@@H]1CN(CC(=O)O)C2. The maximum atomic E-state index is 13.0. The Hall–Kier alpha value is -1.92. The summed E-state index contributed by atoms with van der Waals surface area (Å²) < 4.78 is 5.69. The van der Waals surface area contributed by atoms with E-state index < -0.39 is 5.97 Å². The summed E-state index contributed by atoms with van der Waals surface area (Å²) in [4.78, 5) is 27.8. The molecule has 1 N–H and O–H groups in total. The fourth-order valence-corrected chi connectivity index (χ4v) is 3.48. The molecule has 124 valence electrons. The topological polar surface area (TPSA) is 70.1 Å². The van der Waals surface area contributed by atoms with Gasteiger partial charge in [-0.05, 0) is 18.6 Å². The summed E-state index contributed by atoms with van der Waals surface area (Å²) in [5.41, 5.74) is 1.67. The lowest BCUT2D eigenvalue weighted by Crippen LogP contribution is -2.47. The van der Waals surface area contributed by atoms with Gasteiger partial charge in [-0.2, -0.15) is 0 Å². The summed E-state index contributed by atoms with van der Waals surface area (Å²) in [6.07, 6.45) is 0. The number of aryl methyl sites for hydroxylation is 1. The Morgan fingerprint density at radius 1 is 1.22 bits per heavy atom. The fraction of sp³-hybridized carbons (Fsp3) is 0.529. The zero-order valence-corrected chi connectivity index (χ0v) is 13.3. The van der Waals surface area contributed by atoms with Crippen LogP contribution in [0.15, 0.2) is 24.3 Å². The Balaban J connectivity index is 1.84. The molecule has 2 saturated heterocycles. The number of nitrogens with zero attached hydrogens (tertiary/aromatic N) is 2. The molecule has 1 aromatic carbocycles. The lowest BCUT2D eigenvalue weighted by Gasteiger charge is -2.31. The third-order valence-electron chi connectivity index (χ3n) is 4.54. The predicted octanol–water partition coefficient (Wildman–Crippen LogP) is 0.852. The van der Waals surface area contributed by atoms with E-state index in [9.17, 15) is 9.59 Å². The smallest absolute Gasteiger partial charge is 0.317 e. The van der Waals surface area contributed by atoms with E-state index in [4.69, 9.17) is 9.84 Å². The number of amides is 1. The van der Waals surface area contributed by atoms with Crippen LogP contribution in [0.25, 0.3) is 0 Å². The summed E-state index contributed by atoms with van der Waals surface area (Å²) in [5, 5.41) is 9.06. The Morgan fingerprint density at radius 2 is 2.00 bits per heavy atom. The highest BCUT2D eigenvalue weighted by molar-refractivity contribution is 5.96. The normalized spacial score (nSPS) is 25.0. The molecule has 0 saturated carbocycles. The minimum atomic E-state index is -0.831. The molecule has 0 aliphatic carbocycles. The van der Waals surface area contributed by atoms with Gasteiger partial charge in [-0.3, -0.25) is 14.5 Å². The van der Waals surface area contributed by atoms with Crippen LogP contribution >= 0.6 is 0 Å². The molecule has 0 radical (unpaired) electrons. The molecule has 2 aliphatic heterocycles. The van der Waals surface area contributed by atoms with E-state index in [1.165, 1.54) is 0 Å². The van der Waals surface area contributed by atoms with E-state index >= 15 is 0 Å². The molecule has 1 aromatic rings. The first kappa shape index (κ1) is 16.0. The zero-order valence-electron chi connectivity index (χ0n) is 13.3. The van der Waals surface area contributed by atoms with Gasteiger partial charge in [0.2, 0.25) is 0 Å². The van der Waals surface area contributed by atoms with Crippen molar-refractivity contribution < 1.29 is 19.4 Å². The summed E-state index contributed by atoms with van der Waals surface area (Å²) in [6.45, 7) is 4.80. The van der Waals surface area contributed by atoms with E-state index in [1.807, 2.05) is 41.0 Å². The van der Waals surface area contributed by atoms with Crippen molar-refractivity contribution in [3.05, 3.63) is 35.4 Å². The molecule has 23 heavy (non-hydrogen) atoms. The van der Waals surface area contributed by atoms with Crippen molar-refractivity contribution in [3.63, 3.8) is 0 Å². The molecule has 3 rings (SSSR count). The van der Waals surface area contributed by atoms with E-state index in [0.29, 0.717) is 38.4 Å². The monoisotopic (exact) mass is 318 g/mol. The van der Waals surface area contributed by atoms with Crippen LogP contribution < -0.4 is 0 Å². The predicted molar refractivity (Wildman–Crippen MR) is 84.4 cm³/mol. The molecule has 0 aromatic heterocycles. The van der Waals surface area contributed by atoms with Crippen molar-refractivity contribution in [2.24, 2.45) is 5.92 Å². The molecule has 2 fully saturated rings. The summed E-state index contributed by atoms with van der Waals surface area (Å²) in [7, 11) is 0. The number of hydrogen-bond acceptors (Lipinski definition) is 4. The van der Waals surface area contributed by atoms with E-state index in [-0.39, 0.29) is 24.4 Å². The number of fused-ring (bicyclic) bond motifs is 3. The molecule has 6 heteroatoms. The van der Waals surface area contributed by atoms with Gasteiger partial charge in [-0.25, -0.2) is 0 Å². The second kappa shape index (κ2) is 6.68. The number of rotatable bonds is 3. The minimum absolute atomic E-state index is 0.0133. The van der Waals surface area contributed by atoms with Gasteiger partial charge in [-0.1, -0.05) is 18.2 Å². The minimum Gasteiger partial charge on any atom is -0.480 e. The van der Waals surface area contributed by atoms with Crippen molar-refractivity contribution in [1.29, 1.82) is 0 Å². The molecule has 2 bridgehead atoms. The first-order chi connectivity index (χ1) is 11.0. The second-order valence-electron chi connectivity index (χ2n) is 6.42. The molecular weight excluding hydrogens is 296 g/mol. The van der Waals surface area contributed by atoms with Crippen LogP contribution in [0.4, 0.5) is 0 Å².